The average molecular weight is 250 g/mol. The van der Waals surface area contributed by atoms with Gasteiger partial charge in [0.05, 0.1) is 0 Å². The topological polar surface area (TPSA) is 48.1 Å². The summed E-state index contributed by atoms with van der Waals surface area (Å²) in [5.74, 6) is -1.05. The number of hydrogen-bond donors (Lipinski definition) is 1. The highest BCUT2D eigenvalue weighted by atomic mass is 19.1. The van der Waals surface area contributed by atoms with Gasteiger partial charge in [0, 0.05) is 24.4 Å². The summed E-state index contributed by atoms with van der Waals surface area (Å²) >= 11 is 0. The molecule has 2 aromatic rings. The van der Waals surface area contributed by atoms with E-state index in [1.165, 1.54) is 18.3 Å². The second-order valence-corrected chi connectivity index (χ2v) is 3.81. The molecule has 2 rings (SSSR count). The Morgan fingerprint density at radius 1 is 1.28 bits per heavy atom. The Morgan fingerprint density at radius 2 is 2.06 bits per heavy atom. The van der Waals surface area contributed by atoms with Crippen molar-refractivity contribution in [1.82, 2.24) is 4.98 Å². The first-order valence-corrected chi connectivity index (χ1v) is 5.39. The molecule has 0 aliphatic carbocycles. The fraction of sp³-hybridized carbons (Fsp3) is 0.154. The molecule has 5 heteroatoms. The van der Waals surface area contributed by atoms with E-state index >= 15 is 0 Å². The molecule has 0 bridgehead atoms. The predicted octanol–water partition coefficient (Wildman–Crippen LogP) is 2.92. The predicted molar refractivity (Wildman–Crippen MR) is 63.3 cm³/mol. The van der Waals surface area contributed by atoms with E-state index in [0.717, 1.165) is 0 Å². The maximum atomic E-state index is 13.8. The third-order valence-corrected chi connectivity index (χ3v) is 2.51. The van der Waals surface area contributed by atoms with E-state index in [0.29, 0.717) is 11.1 Å². The van der Waals surface area contributed by atoms with Crippen LogP contribution in [0.15, 0.2) is 30.5 Å². The molecule has 1 heterocycles. The van der Waals surface area contributed by atoms with Crippen molar-refractivity contribution in [3.05, 3.63) is 53.2 Å². The Labute approximate surface area is 103 Å². The summed E-state index contributed by atoms with van der Waals surface area (Å²) in [6.07, 6.45) is 1.39. The molecule has 0 saturated carbocycles. The van der Waals surface area contributed by atoms with E-state index in [2.05, 4.69) is 4.98 Å². The van der Waals surface area contributed by atoms with E-state index in [1.54, 1.807) is 19.1 Å². The molecular weight excluding hydrogens is 238 g/mol. The summed E-state index contributed by atoms with van der Waals surface area (Å²) < 4.78 is 32.3. The van der Waals surface area contributed by atoms with Gasteiger partial charge < -0.3 is 10.5 Å². The molecular formula is C13H12F2N2O. The maximum Gasteiger partial charge on any atom is 0.256 e. The van der Waals surface area contributed by atoms with Gasteiger partial charge in [-0.05, 0) is 24.6 Å². The van der Waals surface area contributed by atoms with E-state index in [9.17, 15) is 8.78 Å². The minimum absolute atomic E-state index is 0.0486. The van der Waals surface area contributed by atoms with Crippen molar-refractivity contribution in [3.8, 4) is 11.6 Å². The van der Waals surface area contributed by atoms with Crippen LogP contribution in [0, 0.1) is 18.6 Å². The quantitative estimate of drug-likeness (QED) is 0.911. The first-order valence-electron chi connectivity index (χ1n) is 5.39. The molecule has 0 fully saturated rings. The van der Waals surface area contributed by atoms with Crippen molar-refractivity contribution < 1.29 is 13.5 Å². The third-order valence-electron chi connectivity index (χ3n) is 2.51. The Bertz CT molecular complexity index is 573. The van der Waals surface area contributed by atoms with Gasteiger partial charge in [0.1, 0.15) is 11.6 Å². The SMILES string of the molecule is Cc1ccc(Oc2nccc(CN)c2F)cc1F. The Balaban J connectivity index is 2.31. The van der Waals surface area contributed by atoms with Crippen molar-refractivity contribution >= 4 is 0 Å². The molecule has 0 atom stereocenters. The van der Waals surface area contributed by atoms with Crippen LogP contribution in [-0.4, -0.2) is 4.98 Å². The molecule has 94 valence electrons. The number of rotatable bonds is 3. The van der Waals surface area contributed by atoms with Gasteiger partial charge in [-0.2, -0.15) is 0 Å². The van der Waals surface area contributed by atoms with Crippen LogP contribution in [-0.2, 0) is 6.54 Å². The molecule has 0 aliphatic rings. The van der Waals surface area contributed by atoms with Gasteiger partial charge in [-0.1, -0.05) is 6.07 Å². The molecule has 0 amide bonds. The summed E-state index contributed by atoms with van der Waals surface area (Å²) in [7, 11) is 0. The van der Waals surface area contributed by atoms with Gasteiger partial charge in [0.2, 0.25) is 0 Å². The van der Waals surface area contributed by atoms with Crippen molar-refractivity contribution in [2.24, 2.45) is 5.73 Å². The number of nitrogens with two attached hydrogens (primary N) is 1. The fourth-order valence-electron chi connectivity index (χ4n) is 1.44. The van der Waals surface area contributed by atoms with Crippen LogP contribution in [0.2, 0.25) is 0 Å². The Hall–Kier alpha value is -2.01. The van der Waals surface area contributed by atoms with Gasteiger partial charge in [0.25, 0.3) is 5.88 Å². The van der Waals surface area contributed by atoms with Gasteiger partial charge in [0.15, 0.2) is 5.82 Å². The molecule has 0 spiro atoms. The van der Waals surface area contributed by atoms with Crippen LogP contribution in [0.3, 0.4) is 0 Å². The van der Waals surface area contributed by atoms with Crippen LogP contribution >= 0.6 is 0 Å². The number of aromatic nitrogens is 1. The zero-order valence-corrected chi connectivity index (χ0v) is 9.78. The summed E-state index contributed by atoms with van der Waals surface area (Å²) in [6.45, 7) is 1.68. The van der Waals surface area contributed by atoms with Gasteiger partial charge in [-0.25, -0.2) is 13.8 Å². The van der Waals surface area contributed by atoms with Crippen molar-refractivity contribution in [2.45, 2.75) is 13.5 Å². The van der Waals surface area contributed by atoms with Crippen LogP contribution in [0.25, 0.3) is 0 Å². The van der Waals surface area contributed by atoms with E-state index in [4.69, 9.17) is 10.5 Å². The lowest BCUT2D eigenvalue weighted by Gasteiger charge is -2.08. The largest absolute Gasteiger partial charge is 0.436 e. The molecule has 1 aromatic heterocycles. The zero-order valence-electron chi connectivity index (χ0n) is 9.78. The van der Waals surface area contributed by atoms with Crippen molar-refractivity contribution in [2.75, 3.05) is 0 Å². The Kier molecular flexibility index (Phi) is 3.53. The maximum absolute atomic E-state index is 13.8. The smallest absolute Gasteiger partial charge is 0.256 e. The summed E-state index contributed by atoms with van der Waals surface area (Å²) in [5, 5.41) is 0. The summed E-state index contributed by atoms with van der Waals surface area (Å²) in [5.41, 5.74) is 6.16. The highest BCUT2D eigenvalue weighted by molar-refractivity contribution is 5.33. The minimum atomic E-state index is -0.624. The number of nitrogens with zero attached hydrogens (tertiary/aromatic N) is 1. The number of pyridine rings is 1. The lowest BCUT2D eigenvalue weighted by Crippen LogP contribution is -2.02. The second-order valence-electron chi connectivity index (χ2n) is 3.81. The Morgan fingerprint density at radius 3 is 2.72 bits per heavy atom. The number of aryl methyl sites for hydroxylation is 1. The minimum Gasteiger partial charge on any atom is -0.436 e. The fourth-order valence-corrected chi connectivity index (χ4v) is 1.44. The second kappa shape index (κ2) is 5.10. The molecule has 18 heavy (non-hydrogen) atoms. The molecule has 3 nitrogen and oxygen atoms in total. The first kappa shape index (κ1) is 12.4. The molecule has 0 unspecified atom stereocenters. The molecule has 1 aromatic carbocycles. The first-order chi connectivity index (χ1) is 8.61. The summed E-state index contributed by atoms with van der Waals surface area (Å²) in [6, 6.07) is 5.76. The average Bonchev–Trinajstić information content (AvgIpc) is 2.36. The lowest BCUT2D eigenvalue weighted by atomic mass is 10.2. The number of hydrogen-bond acceptors (Lipinski definition) is 3. The lowest BCUT2D eigenvalue weighted by molar-refractivity contribution is 0.416. The normalized spacial score (nSPS) is 10.4. The van der Waals surface area contributed by atoms with E-state index in [-0.39, 0.29) is 18.2 Å². The monoisotopic (exact) mass is 250 g/mol. The molecule has 2 N–H and O–H groups in total. The van der Waals surface area contributed by atoms with Gasteiger partial charge >= 0.3 is 0 Å². The zero-order chi connectivity index (χ0) is 13.1. The highest BCUT2D eigenvalue weighted by Gasteiger charge is 2.11. The van der Waals surface area contributed by atoms with E-state index < -0.39 is 11.6 Å². The molecule has 0 aliphatic heterocycles. The summed E-state index contributed by atoms with van der Waals surface area (Å²) in [4.78, 5) is 3.76. The van der Waals surface area contributed by atoms with Crippen LogP contribution in [0.4, 0.5) is 8.78 Å². The van der Waals surface area contributed by atoms with Crippen molar-refractivity contribution in [3.63, 3.8) is 0 Å². The number of halogens is 2. The highest BCUT2D eigenvalue weighted by Crippen LogP contribution is 2.25. The molecule has 0 radical (unpaired) electrons. The van der Waals surface area contributed by atoms with Crippen molar-refractivity contribution in [1.29, 1.82) is 0 Å². The van der Waals surface area contributed by atoms with Gasteiger partial charge in [-0.3, -0.25) is 0 Å². The van der Waals surface area contributed by atoms with E-state index in [1.807, 2.05) is 0 Å². The van der Waals surface area contributed by atoms with Crippen LogP contribution in [0.5, 0.6) is 11.6 Å². The number of ether oxygens (including phenoxy) is 1. The standard InChI is InChI=1S/C13H12F2N2O/c1-8-2-3-10(6-11(8)14)18-13-12(15)9(7-16)4-5-17-13/h2-6H,7,16H2,1H3. The number of benzene rings is 1. The molecule has 0 saturated heterocycles. The third kappa shape index (κ3) is 2.46. The van der Waals surface area contributed by atoms with Gasteiger partial charge in [-0.15, -0.1) is 0 Å². The van der Waals surface area contributed by atoms with Crippen LogP contribution in [0.1, 0.15) is 11.1 Å². The van der Waals surface area contributed by atoms with Crippen LogP contribution < -0.4 is 10.5 Å².